The predicted molar refractivity (Wildman–Crippen MR) is 93.8 cm³/mol. The van der Waals surface area contributed by atoms with Gasteiger partial charge in [0.05, 0.1) is 17.0 Å². The molecule has 7 heteroatoms. The molecule has 1 aromatic heterocycles. The standard InChI is InChI=1S/C16H14ClN3O2S/c1-3-20(9(2)21)16-18-11(8-23-16)7-13-12-5-4-10(17)6-14(12)19-15(13)22/h4-8H,3H2,1-2H3,(H,19,22)/b13-7-. The quantitative estimate of drug-likeness (QED) is 0.862. The van der Waals surface area contributed by atoms with Gasteiger partial charge >= 0.3 is 0 Å². The monoisotopic (exact) mass is 347 g/mol. The van der Waals surface area contributed by atoms with Crippen molar-refractivity contribution in [2.45, 2.75) is 13.8 Å². The molecule has 1 aromatic carbocycles. The Hall–Kier alpha value is -2.18. The summed E-state index contributed by atoms with van der Waals surface area (Å²) in [6.07, 6.45) is 1.73. The number of hydrogen-bond acceptors (Lipinski definition) is 4. The topological polar surface area (TPSA) is 62.3 Å². The average molecular weight is 348 g/mol. The van der Waals surface area contributed by atoms with E-state index in [0.29, 0.717) is 33.7 Å². The molecule has 0 atom stereocenters. The van der Waals surface area contributed by atoms with Crippen molar-refractivity contribution in [1.29, 1.82) is 0 Å². The molecule has 1 N–H and O–H groups in total. The number of carbonyl (C=O) groups excluding carboxylic acids is 2. The molecule has 0 unspecified atom stereocenters. The summed E-state index contributed by atoms with van der Waals surface area (Å²) in [6.45, 7) is 3.96. The van der Waals surface area contributed by atoms with Crippen molar-refractivity contribution in [2.75, 3.05) is 16.8 Å². The lowest BCUT2D eigenvalue weighted by Crippen LogP contribution is -2.27. The van der Waals surface area contributed by atoms with Crippen molar-refractivity contribution in [2.24, 2.45) is 0 Å². The molecule has 1 aliphatic heterocycles. The Kier molecular flexibility index (Phi) is 4.19. The fraction of sp³-hybridized carbons (Fsp3) is 0.188. The Morgan fingerprint density at radius 3 is 2.96 bits per heavy atom. The van der Waals surface area contributed by atoms with Crippen molar-refractivity contribution < 1.29 is 9.59 Å². The lowest BCUT2D eigenvalue weighted by molar-refractivity contribution is -0.116. The van der Waals surface area contributed by atoms with Crippen LogP contribution in [-0.2, 0) is 9.59 Å². The largest absolute Gasteiger partial charge is 0.321 e. The van der Waals surface area contributed by atoms with Crippen molar-refractivity contribution in [3.8, 4) is 0 Å². The fourth-order valence-corrected chi connectivity index (χ4v) is 3.48. The minimum Gasteiger partial charge on any atom is -0.321 e. The number of benzene rings is 1. The third kappa shape index (κ3) is 3.00. The second-order valence-corrected chi connectivity index (χ2v) is 6.29. The number of thiazole rings is 1. The summed E-state index contributed by atoms with van der Waals surface area (Å²) in [5, 5.41) is 5.81. The summed E-state index contributed by atoms with van der Waals surface area (Å²) in [6, 6.07) is 5.27. The minimum atomic E-state index is -0.185. The second-order valence-electron chi connectivity index (χ2n) is 5.02. The number of fused-ring (bicyclic) bond motifs is 1. The van der Waals surface area contributed by atoms with Gasteiger partial charge in [0.2, 0.25) is 5.91 Å². The molecule has 0 fully saturated rings. The van der Waals surface area contributed by atoms with E-state index in [1.54, 1.807) is 23.1 Å². The molecule has 0 radical (unpaired) electrons. The number of nitrogens with one attached hydrogen (secondary N) is 1. The molecule has 0 spiro atoms. The van der Waals surface area contributed by atoms with Gasteiger partial charge in [-0.05, 0) is 25.1 Å². The molecule has 0 saturated heterocycles. The first kappa shape index (κ1) is 15.7. The zero-order valence-electron chi connectivity index (χ0n) is 12.6. The molecule has 5 nitrogen and oxygen atoms in total. The van der Waals surface area contributed by atoms with Gasteiger partial charge in [-0.25, -0.2) is 4.98 Å². The summed E-state index contributed by atoms with van der Waals surface area (Å²) in [4.78, 5) is 29.7. The first-order valence-electron chi connectivity index (χ1n) is 7.06. The molecule has 0 aliphatic carbocycles. The van der Waals surface area contributed by atoms with Gasteiger partial charge in [0, 0.05) is 29.4 Å². The van der Waals surface area contributed by atoms with Crippen LogP contribution in [0.4, 0.5) is 10.8 Å². The van der Waals surface area contributed by atoms with Crippen LogP contribution in [0.3, 0.4) is 0 Å². The highest BCUT2D eigenvalue weighted by atomic mass is 35.5. The first-order valence-corrected chi connectivity index (χ1v) is 8.32. The number of rotatable bonds is 3. The van der Waals surface area contributed by atoms with Gasteiger partial charge in [-0.3, -0.25) is 14.5 Å². The first-order chi connectivity index (χ1) is 11.0. The molecule has 0 bridgehead atoms. The van der Waals surface area contributed by atoms with E-state index in [-0.39, 0.29) is 11.8 Å². The number of aromatic nitrogens is 1. The molecule has 0 saturated carbocycles. The highest BCUT2D eigenvalue weighted by Crippen LogP contribution is 2.35. The summed E-state index contributed by atoms with van der Waals surface area (Å²) in [5.41, 5.74) is 2.69. The second kappa shape index (κ2) is 6.14. The molecule has 3 rings (SSSR count). The van der Waals surface area contributed by atoms with E-state index in [4.69, 9.17) is 11.6 Å². The van der Waals surface area contributed by atoms with Crippen molar-refractivity contribution in [3.05, 3.63) is 39.9 Å². The van der Waals surface area contributed by atoms with E-state index in [9.17, 15) is 9.59 Å². The van der Waals surface area contributed by atoms with Gasteiger partial charge in [0.1, 0.15) is 0 Å². The van der Waals surface area contributed by atoms with Crippen LogP contribution in [0.15, 0.2) is 23.6 Å². The highest BCUT2D eigenvalue weighted by Gasteiger charge is 2.24. The minimum absolute atomic E-state index is 0.0559. The van der Waals surface area contributed by atoms with Crippen LogP contribution in [0, 0.1) is 0 Å². The van der Waals surface area contributed by atoms with Crippen LogP contribution < -0.4 is 10.2 Å². The normalized spacial score (nSPS) is 14.7. The third-order valence-corrected chi connectivity index (χ3v) is 4.61. The van der Waals surface area contributed by atoms with Crippen molar-refractivity contribution in [3.63, 3.8) is 0 Å². The fourth-order valence-electron chi connectivity index (χ4n) is 2.42. The number of nitrogens with zero attached hydrogens (tertiary/aromatic N) is 2. The van der Waals surface area contributed by atoms with Crippen LogP contribution in [0.25, 0.3) is 11.6 Å². The third-order valence-electron chi connectivity index (χ3n) is 3.49. The van der Waals surface area contributed by atoms with Crippen LogP contribution in [0.1, 0.15) is 25.1 Å². The number of halogens is 1. The summed E-state index contributed by atoms with van der Waals surface area (Å²) < 4.78 is 0. The van der Waals surface area contributed by atoms with E-state index in [1.165, 1.54) is 18.3 Å². The molecular formula is C16H14ClN3O2S. The maximum absolute atomic E-state index is 12.1. The van der Waals surface area contributed by atoms with E-state index in [2.05, 4.69) is 10.3 Å². The number of amides is 2. The van der Waals surface area contributed by atoms with Gasteiger partial charge < -0.3 is 5.32 Å². The van der Waals surface area contributed by atoms with Gasteiger partial charge in [-0.1, -0.05) is 17.7 Å². The zero-order chi connectivity index (χ0) is 16.6. The Bertz CT molecular complexity index is 828. The Morgan fingerprint density at radius 2 is 2.26 bits per heavy atom. The Labute approximate surface area is 142 Å². The number of hydrogen-bond donors (Lipinski definition) is 1. The van der Waals surface area contributed by atoms with Gasteiger partial charge in [-0.15, -0.1) is 11.3 Å². The summed E-state index contributed by atoms with van der Waals surface area (Å²) >= 11 is 7.32. The van der Waals surface area contributed by atoms with Crippen molar-refractivity contribution in [1.82, 2.24) is 4.98 Å². The summed E-state index contributed by atoms with van der Waals surface area (Å²) in [5.74, 6) is -0.240. The molecule has 118 valence electrons. The van der Waals surface area contributed by atoms with Gasteiger partial charge in [0.25, 0.3) is 5.91 Å². The van der Waals surface area contributed by atoms with E-state index in [1.807, 2.05) is 18.4 Å². The number of carbonyl (C=O) groups is 2. The zero-order valence-corrected chi connectivity index (χ0v) is 14.2. The number of anilines is 2. The Balaban J connectivity index is 1.96. The molecule has 2 aromatic rings. The predicted octanol–water partition coefficient (Wildman–Crippen LogP) is 3.66. The molecule has 2 amide bonds. The van der Waals surface area contributed by atoms with Crippen LogP contribution in [-0.4, -0.2) is 23.3 Å². The van der Waals surface area contributed by atoms with E-state index < -0.39 is 0 Å². The molecule has 2 heterocycles. The lowest BCUT2D eigenvalue weighted by atomic mass is 10.1. The molecule has 23 heavy (non-hydrogen) atoms. The molecule has 1 aliphatic rings. The smallest absolute Gasteiger partial charge is 0.256 e. The van der Waals surface area contributed by atoms with Gasteiger partial charge in [0.15, 0.2) is 5.13 Å². The van der Waals surface area contributed by atoms with Crippen molar-refractivity contribution >= 4 is 57.2 Å². The maximum atomic E-state index is 12.1. The van der Waals surface area contributed by atoms with E-state index in [0.717, 1.165) is 5.56 Å². The highest BCUT2D eigenvalue weighted by molar-refractivity contribution is 7.14. The molecular weight excluding hydrogens is 334 g/mol. The van der Waals surface area contributed by atoms with Gasteiger partial charge in [-0.2, -0.15) is 0 Å². The van der Waals surface area contributed by atoms with Crippen LogP contribution in [0.5, 0.6) is 0 Å². The Morgan fingerprint density at radius 1 is 1.48 bits per heavy atom. The SMILES string of the molecule is CCN(C(C)=O)c1nc(/C=C2\C(=O)Nc3cc(Cl)ccc32)cs1. The van der Waals surface area contributed by atoms with Crippen LogP contribution in [0.2, 0.25) is 5.02 Å². The van der Waals surface area contributed by atoms with E-state index >= 15 is 0 Å². The average Bonchev–Trinajstić information content (AvgIpc) is 3.05. The lowest BCUT2D eigenvalue weighted by Gasteiger charge is -2.14. The maximum Gasteiger partial charge on any atom is 0.256 e. The van der Waals surface area contributed by atoms with Crippen LogP contribution >= 0.6 is 22.9 Å². The summed E-state index contributed by atoms with van der Waals surface area (Å²) in [7, 11) is 0.